The lowest BCUT2D eigenvalue weighted by Crippen LogP contribution is -1.81. The Balaban J connectivity index is 0.000000137. The van der Waals surface area contributed by atoms with Gasteiger partial charge in [-0.15, -0.1) is 0 Å². The van der Waals surface area contributed by atoms with E-state index in [1.54, 1.807) is 0 Å². The highest BCUT2D eigenvalue weighted by molar-refractivity contribution is 5.87. The van der Waals surface area contributed by atoms with Gasteiger partial charge in [0, 0.05) is 66.8 Å². The van der Waals surface area contributed by atoms with Gasteiger partial charge < -0.3 is 0 Å². The number of hydrogen-bond donors (Lipinski definition) is 0. The zero-order valence-electron chi connectivity index (χ0n) is 50.4. The van der Waals surface area contributed by atoms with Crippen molar-refractivity contribution in [1.29, 1.82) is 0 Å². The van der Waals surface area contributed by atoms with Gasteiger partial charge in [0.05, 0.1) is 0 Å². The van der Waals surface area contributed by atoms with Gasteiger partial charge in [0.2, 0.25) is 0 Å². The fourth-order valence-corrected chi connectivity index (χ4v) is 9.82. The molecule has 0 saturated carbocycles. The molecule has 0 amide bonds. The zero-order valence-corrected chi connectivity index (χ0v) is 50.4. The molecular weight excluding hydrogens is 1060 g/mol. The Morgan fingerprint density at radius 1 is 0.125 bits per heavy atom. The topological polar surface area (TPSA) is 0 Å². The van der Waals surface area contributed by atoms with Crippen molar-refractivity contribution in [1.82, 2.24) is 0 Å². The molecule has 13 aromatic rings. The number of fused-ring (bicyclic) bond motifs is 4. The monoisotopic (exact) mass is 1120 g/mol. The Kier molecular flexibility index (Phi) is 18.3. The summed E-state index contributed by atoms with van der Waals surface area (Å²) < 4.78 is 0. The summed E-state index contributed by atoms with van der Waals surface area (Å²) in [7, 11) is 0. The Labute approximate surface area is 519 Å². The summed E-state index contributed by atoms with van der Waals surface area (Å²) >= 11 is 0. The number of benzene rings is 13. The van der Waals surface area contributed by atoms with Gasteiger partial charge in [-0.05, 0) is 230 Å². The summed E-state index contributed by atoms with van der Waals surface area (Å²) in [4.78, 5) is 0. The molecule has 13 rings (SSSR count). The molecule has 414 valence electrons. The van der Waals surface area contributed by atoms with Gasteiger partial charge >= 0.3 is 0 Å². The molecule has 0 unspecified atom stereocenters. The van der Waals surface area contributed by atoms with Gasteiger partial charge in [-0.1, -0.05) is 226 Å². The normalized spacial score (nSPS) is 10.1. The molecule has 0 heteroatoms. The highest BCUT2D eigenvalue weighted by Crippen LogP contribution is 2.22. The van der Waals surface area contributed by atoms with Crippen molar-refractivity contribution in [3.05, 3.63) is 367 Å². The molecule has 0 saturated heterocycles. The predicted molar refractivity (Wildman–Crippen MR) is 372 cm³/mol. The first-order valence-corrected chi connectivity index (χ1v) is 29.5. The smallest absolute Gasteiger partial charge is 0.0255 e. The van der Waals surface area contributed by atoms with Crippen molar-refractivity contribution in [2.24, 2.45) is 0 Å². The van der Waals surface area contributed by atoms with Crippen LogP contribution in [0.1, 0.15) is 100 Å². The minimum Gasteiger partial charge on any atom is -0.0617 e. The van der Waals surface area contributed by atoms with E-state index in [0.29, 0.717) is 0 Å². The molecule has 0 aliphatic carbocycles. The Bertz CT molecular complexity index is 4790. The first kappa shape index (κ1) is 58.1. The number of hydrogen-bond acceptors (Lipinski definition) is 0. The molecule has 0 aromatic heterocycles. The molecule has 0 nitrogen and oxygen atoms in total. The maximum absolute atomic E-state index is 3.28. The SMILES string of the molecule is Cc1ccc(C#Cc2ccc(C#Cc3ccc4cc(C)ccc4c3)cc2)cc1.Cc1ccc(C#Cc2ccc(C#Cc3ccc4cc(C)ccc4c3)cc2)cc1.Cc1ccc2cc(C#Cc3ccc(C#Cc4ccc5cc(C)ccc5c4)cc3)ccc2c1. The molecule has 0 N–H and O–H groups in total. The fourth-order valence-electron chi connectivity index (χ4n) is 9.82. The lowest BCUT2D eigenvalue weighted by molar-refractivity contribution is 1.46. The zero-order chi connectivity index (χ0) is 60.6. The molecule has 0 aliphatic heterocycles. The average molecular weight is 1120 g/mol. The minimum absolute atomic E-state index is 0.987. The Morgan fingerprint density at radius 2 is 0.250 bits per heavy atom. The second-order valence-corrected chi connectivity index (χ2v) is 22.2. The van der Waals surface area contributed by atoms with E-state index in [0.717, 1.165) is 66.8 Å². The van der Waals surface area contributed by atoms with Crippen LogP contribution in [-0.2, 0) is 0 Å². The first-order chi connectivity index (χ1) is 42.9. The molecule has 88 heavy (non-hydrogen) atoms. The highest BCUT2D eigenvalue weighted by Gasteiger charge is 2.01. The van der Waals surface area contributed by atoms with Crippen LogP contribution in [0.4, 0.5) is 0 Å². The molecule has 0 aliphatic rings. The van der Waals surface area contributed by atoms with Crippen molar-refractivity contribution >= 4 is 43.1 Å². The van der Waals surface area contributed by atoms with E-state index in [4.69, 9.17) is 0 Å². The van der Waals surface area contributed by atoms with E-state index in [-0.39, 0.29) is 0 Å². The number of rotatable bonds is 0. The summed E-state index contributed by atoms with van der Waals surface area (Å²) in [6, 6.07) is 92.2. The summed E-state index contributed by atoms with van der Waals surface area (Å²) in [5.74, 6) is 38.9. The van der Waals surface area contributed by atoms with Crippen LogP contribution in [0.5, 0.6) is 0 Å². The van der Waals surface area contributed by atoms with E-state index >= 15 is 0 Å². The van der Waals surface area contributed by atoms with Crippen LogP contribution in [0.15, 0.2) is 267 Å². The van der Waals surface area contributed by atoms with Gasteiger partial charge in [0.1, 0.15) is 0 Å². The van der Waals surface area contributed by atoms with Crippen LogP contribution in [0.3, 0.4) is 0 Å². The van der Waals surface area contributed by atoms with Crippen molar-refractivity contribution in [3.8, 4) is 71.0 Å². The van der Waals surface area contributed by atoms with E-state index in [1.807, 2.05) is 97.1 Å². The van der Waals surface area contributed by atoms with Crippen molar-refractivity contribution < 1.29 is 0 Å². The van der Waals surface area contributed by atoms with Crippen LogP contribution in [0.25, 0.3) is 43.1 Å². The van der Waals surface area contributed by atoms with E-state index in [9.17, 15) is 0 Å². The van der Waals surface area contributed by atoms with Gasteiger partial charge in [0.15, 0.2) is 0 Å². The molecule has 0 spiro atoms. The largest absolute Gasteiger partial charge is 0.0617 e. The van der Waals surface area contributed by atoms with Gasteiger partial charge in [-0.2, -0.15) is 0 Å². The van der Waals surface area contributed by atoms with Crippen LogP contribution in [-0.4, -0.2) is 0 Å². The van der Waals surface area contributed by atoms with Crippen LogP contribution in [0, 0.1) is 113 Å². The molecule has 0 heterocycles. The molecule has 13 aromatic carbocycles. The van der Waals surface area contributed by atoms with E-state index < -0.39 is 0 Å². The third-order valence-corrected chi connectivity index (χ3v) is 14.8. The lowest BCUT2D eigenvalue weighted by Gasteiger charge is -2.00. The maximum atomic E-state index is 3.28. The summed E-state index contributed by atoms with van der Waals surface area (Å²) in [5.41, 5.74) is 19.7. The standard InChI is InChI=1S/C32H22.2C28H20/c1-23-3-15-31-21-27(13-17-29(31)19-23)11-9-25-5-7-26(8-6-25)10-12-28-14-18-30-20-24(2)4-16-32(30)22-28;2*1-21-3-6-23(7-4-21)8-9-24-10-12-25(13-11-24)14-15-26-16-18-27-19-22(2)5-17-28(27)20-26/h3-8,13-22H,1-2H3;2*3-7,10-13,16-20H,1-2H3. The average Bonchev–Trinajstić information content (AvgIpc) is 3.71. The molecule has 0 radical (unpaired) electrons. The molecule has 0 bridgehead atoms. The Hall–Kier alpha value is -11.7. The summed E-state index contributed by atoms with van der Waals surface area (Å²) in [5, 5.41) is 9.89. The van der Waals surface area contributed by atoms with E-state index in [2.05, 4.69) is 282 Å². The van der Waals surface area contributed by atoms with E-state index in [1.165, 1.54) is 76.5 Å². The first-order valence-electron chi connectivity index (χ1n) is 29.5. The summed E-state index contributed by atoms with van der Waals surface area (Å²) in [6.45, 7) is 12.6. The maximum Gasteiger partial charge on any atom is 0.0255 e. The second kappa shape index (κ2) is 27.8. The van der Waals surface area contributed by atoms with Gasteiger partial charge in [-0.3, -0.25) is 0 Å². The Morgan fingerprint density at radius 3 is 0.443 bits per heavy atom. The minimum atomic E-state index is 0.987. The van der Waals surface area contributed by atoms with Crippen molar-refractivity contribution in [2.45, 2.75) is 41.5 Å². The third-order valence-electron chi connectivity index (χ3n) is 14.8. The lowest BCUT2D eigenvalue weighted by atomic mass is 10.0. The molecule has 0 fully saturated rings. The van der Waals surface area contributed by atoms with Crippen LogP contribution >= 0.6 is 0 Å². The van der Waals surface area contributed by atoms with Crippen molar-refractivity contribution in [2.75, 3.05) is 0 Å². The number of aryl methyl sites for hydroxylation is 6. The molecule has 0 atom stereocenters. The molecular formula is C88H62. The second-order valence-electron chi connectivity index (χ2n) is 22.2. The third kappa shape index (κ3) is 16.3. The van der Waals surface area contributed by atoms with Crippen LogP contribution < -0.4 is 0 Å². The van der Waals surface area contributed by atoms with Crippen LogP contribution in [0.2, 0.25) is 0 Å². The quantitative estimate of drug-likeness (QED) is 0.133. The highest BCUT2D eigenvalue weighted by atomic mass is 14.1. The van der Waals surface area contributed by atoms with Crippen molar-refractivity contribution in [3.63, 3.8) is 0 Å². The van der Waals surface area contributed by atoms with Gasteiger partial charge in [-0.25, -0.2) is 0 Å². The van der Waals surface area contributed by atoms with Gasteiger partial charge in [0.25, 0.3) is 0 Å². The summed E-state index contributed by atoms with van der Waals surface area (Å²) in [6.07, 6.45) is 0. The fraction of sp³-hybridized carbons (Fsp3) is 0.0682. The predicted octanol–water partition coefficient (Wildman–Crippen LogP) is 19.9.